The number of carboxylic acid groups (broad SMARTS) is 1. The number of aliphatic hydroxyl groups is 2. The summed E-state index contributed by atoms with van der Waals surface area (Å²) in [6.07, 6.45) is -2.14. The fourth-order valence-electron chi connectivity index (χ4n) is 1.19. The Balaban J connectivity index is 2.53. The minimum Gasteiger partial charge on any atom is -0.542 e. The van der Waals surface area contributed by atoms with Crippen molar-refractivity contribution in [2.24, 2.45) is 0 Å². The third-order valence-electron chi connectivity index (χ3n) is 2.08. The molecule has 0 bridgehead atoms. The lowest BCUT2D eigenvalue weighted by Crippen LogP contribution is -2.23. The van der Waals surface area contributed by atoms with E-state index < -0.39 is 18.2 Å². The van der Waals surface area contributed by atoms with Crippen molar-refractivity contribution in [3.63, 3.8) is 0 Å². The largest absolute Gasteiger partial charge is 0.542 e. The molecule has 0 aliphatic rings. The molecule has 0 spiro atoms. The van der Waals surface area contributed by atoms with Crippen LogP contribution in [0, 0.1) is 0 Å². The molecule has 8 heteroatoms. The minimum atomic E-state index is -1.42. The highest BCUT2D eigenvalue weighted by Gasteiger charge is 2.21. The molecule has 6 nitrogen and oxygen atoms in total. The average molecular weight is 290 g/mol. The average Bonchev–Trinajstić information content (AvgIpc) is 2.76. The van der Waals surface area contributed by atoms with Crippen LogP contribution in [-0.4, -0.2) is 38.1 Å². The fraction of sp³-hybridized carbons (Fsp3) is 0.500. The molecule has 1 aromatic heterocycles. The van der Waals surface area contributed by atoms with E-state index in [-0.39, 0.29) is 22.2 Å². The minimum absolute atomic E-state index is 0.0652. The lowest BCUT2D eigenvalue weighted by molar-refractivity contribution is -0.255. The van der Waals surface area contributed by atoms with Gasteiger partial charge in [-0.2, -0.15) is 0 Å². The van der Waals surface area contributed by atoms with Crippen LogP contribution in [0.3, 0.4) is 0 Å². The van der Waals surface area contributed by atoms with Gasteiger partial charge in [-0.05, 0) is 6.42 Å². The van der Waals surface area contributed by atoms with E-state index in [2.05, 4.69) is 4.98 Å². The number of rotatable bonds is 6. The lowest BCUT2D eigenvalue weighted by Gasteiger charge is -2.15. The van der Waals surface area contributed by atoms with Gasteiger partial charge in [-0.25, -0.2) is 4.98 Å². The molecular formula is C10H12NO5S2-. The van der Waals surface area contributed by atoms with Gasteiger partial charge in [-0.3, -0.25) is 4.79 Å². The van der Waals surface area contributed by atoms with Crippen molar-refractivity contribution in [3.8, 4) is 0 Å². The number of hydrogen-bond donors (Lipinski definition) is 2. The smallest absolute Gasteiger partial charge is 0.185 e. The summed E-state index contributed by atoms with van der Waals surface area (Å²) in [5.74, 6) is -1.04. The predicted molar refractivity (Wildman–Crippen MR) is 65.2 cm³/mol. The Morgan fingerprint density at radius 1 is 1.56 bits per heavy atom. The zero-order chi connectivity index (χ0) is 13.7. The Morgan fingerprint density at radius 3 is 2.72 bits per heavy atom. The Labute approximate surface area is 112 Å². The highest BCUT2D eigenvalue weighted by molar-refractivity contribution is 8.13. The summed E-state index contributed by atoms with van der Waals surface area (Å²) in [6.45, 7) is 1.42. The van der Waals surface area contributed by atoms with Gasteiger partial charge in [0.05, 0.1) is 11.8 Å². The number of aromatic carboxylic acids is 1. The first-order valence-corrected chi connectivity index (χ1v) is 6.94. The van der Waals surface area contributed by atoms with E-state index >= 15 is 0 Å². The fourth-order valence-corrected chi connectivity index (χ4v) is 2.52. The number of aromatic nitrogens is 1. The van der Waals surface area contributed by atoms with Crippen molar-refractivity contribution >= 4 is 34.2 Å². The van der Waals surface area contributed by atoms with Gasteiger partial charge in [0.15, 0.2) is 5.12 Å². The van der Waals surface area contributed by atoms with Crippen LogP contribution in [-0.2, 0) is 4.79 Å². The van der Waals surface area contributed by atoms with Crippen LogP contribution in [0.1, 0.15) is 34.9 Å². The highest BCUT2D eigenvalue weighted by Crippen LogP contribution is 2.22. The molecule has 0 aliphatic carbocycles. The molecule has 2 unspecified atom stereocenters. The molecule has 0 aliphatic heterocycles. The van der Waals surface area contributed by atoms with Crippen molar-refractivity contribution < 1.29 is 24.9 Å². The summed E-state index contributed by atoms with van der Waals surface area (Å²) < 4.78 is 0. The second kappa shape index (κ2) is 6.83. The SMILES string of the molecule is CC(=O)SCCC(O)C(O)c1csc(C(=O)[O-])n1. The number of carbonyl (C=O) groups excluding carboxylic acids is 2. The lowest BCUT2D eigenvalue weighted by atomic mass is 10.1. The van der Waals surface area contributed by atoms with E-state index in [1.54, 1.807) is 0 Å². The summed E-state index contributed by atoms with van der Waals surface area (Å²) in [4.78, 5) is 24.8. The second-order valence-electron chi connectivity index (χ2n) is 3.51. The molecule has 2 N–H and O–H groups in total. The first kappa shape index (κ1) is 15.1. The van der Waals surface area contributed by atoms with Crippen LogP contribution in [0.15, 0.2) is 5.38 Å². The molecule has 0 saturated carbocycles. The van der Waals surface area contributed by atoms with Crippen LogP contribution in [0.25, 0.3) is 0 Å². The summed E-state index contributed by atoms with van der Waals surface area (Å²) in [7, 11) is 0. The zero-order valence-electron chi connectivity index (χ0n) is 9.53. The van der Waals surface area contributed by atoms with E-state index in [0.29, 0.717) is 5.75 Å². The summed E-state index contributed by atoms with van der Waals surface area (Å²) in [5.41, 5.74) is 0.0968. The van der Waals surface area contributed by atoms with Crippen LogP contribution >= 0.6 is 23.1 Å². The van der Waals surface area contributed by atoms with Gasteiger partial charge >= 0.3 is 0 Å². The van der Waals surface area contributed by atoms with Gasteiger partial charge in [0, 0.05) is 18.1 Å². The van der Waals surface area contributed by atoms with Gasteiger partial charge in [-0.1, -0.05) is 11.8 Å². The van der Waals surface area contributed by atoms with Crippen molar-refractivity contribution in [2.45, 2.75) is 25.6 Å². The summed E-state index contributed by atoms with van der Waals surface area (Å²) >= 11 is 1.88. The quantitative estimate of drug-likeness (QED) is 0.731. The highest BCUT2D eigenvalue weighted by atomic mass is 32.2. The van der Waals surface area contributed by atoms with Crippen molar-refractivity contribution in [1.29, 1.82) is 0 Å². The molecule has 2 atom stereocenters. The maximum Gasteiger partial charge on any atom is 0.185 e. The van der Waals surface area contributed by atoms with Crippen LogP contribution in [0.2, 0.25) is 0 Å². The topological polar surface area (TPSA) is 111 Å². The first-order chi connectivity index (χ1) is 8.41. The number of aliphatic hydroxyl groups excluding tert-OH is 2. The number of carboxylic acids is 1. The molecule has 1 rings (SSSR count). The molecule has 0 aromatic carbocycles. The molecule has 0 radical (unpaired) electrons. The van der Waals surface area contributed by atoms with Crippen molar-refractivity contribution in [3.05, 3.63) is 16.1 Å². The number of thioether (sulfide) groups is 1. The van der Waals surface area contributed by atoms with Gasteiger partial charge in [0.1, 0.15) is 17.1 Å². The van der Waals surface area contributed by atoms with E-state index in [4.69, 9.17) is 0 Å². The second-order valence-corrected chi connectivity index (χ2v) is 5.64. The Kier molecular flexibility index (Phi) is 5.73. The standard InChI is InChI=1S/C10H13NO5S2/c1-5(12)17-3-2-7(13)8(14)6-4-18-9(11-6)10(15)16/h4,7-8,13-14H,2-3H2,1H3,(H,15,16)/p-1. The van der Waals surface area contributed by atoms with Gasteiger partial charge in [-0.15, -0.1) is 11.3 Å². The third-order valence-corrected chi connectivity index (χ3v) is 3.77. The Hall–Kier alpha value is -0.960. The molecular weight excluding hydrogens is 278 g/mol. The maximum absolute atomic E-state index is 10.7. The molecule has 100 valence electrons. The molecule has 0 amide bonds. The summed E-state index contributed by atoms with van der Waals surface area (Å²) in [5, 5.41) is 31.0. The molecule has 18 heavy (non-hydrogen) atoms. The van der Waals surface area contributed by atoms with Gasteiger partial charge in [0.2, 0.25) is 0 Å². The molecule has 0 fully saturated rings. The van der Waals surface area contributed by atoms with Crippen molar-refractivity contribution in [2.75, 3.05) is 5.75 Å². The van der Waals surface area contributed by atoms with Gasteiger partial charge in [0.25, 0.3) is 0 Å². The van der Waals surface area contributed by atoms with E-state index in [1.165, 1.54) is 12.3 Å². The number of nitrogens with zero attached hydrogens (tertiary/aromatic N) is 1. The monoisotopic (exact) mass is 290 g/mol. The van der Waals surface area contributed by atoms with Crippen LogP contribution < -0.4 is 5.11 Å². The number of hydrogen-bond acceptors (Lipinski definition) is 8. The summed E-state index contributed by atoms with van der Waals surface area (Å²) in [6, 6.07) is 0. The van der Waals surface area contributed by atoms with E-state index in [0.717, 1.165) is 23.1 Å². The molecule has 0 saturated heterocycles. The Morgan fingerprint density at radius 2 is 2.22 bits per heavy atom. The first-order valence-electron chi connectivity index (χ1n) is 5.08. The third kappa shape index (κ3) is 4.37. The van der Waals surface area contributed by atoms with Crippen molar-refractivity contribution in [1.82, 2.24) is 4.98 Å². The zero-order valence-corrected chi connectivity index (χ0v) is 11.2. The van der Waals surface area contributed by atoms with Crippen LogP contribution in [0.4, 0.5) is 0 Å². The van der Waals surface area contributed by atoms with E-state index in [9.17, 15) is 24.9 Å². The van der Waals surface area contributed by atoms with E-state index in [1.807, 2.05) is 0 Å². The number of carbonyl (C=O) groups is 2. The van der Waals surface area contributed by atoms with Gasteiger partial charge < -0.3 is 20.1 Å². The molecule has 1 aromatic rings. The predicted octanol–water partition coefficient (Wildman–Crippen LogP) is -0.429. The maximum atomic E-state index is 10.7. The molecule has 1 heterocycles. The number of thiazole rings is 1. The Bertz CT molecular complexity index is 434. The van der Waals surface area contributed by atoms with Crippen LogP contribution in [0.5, 0.6) is 0 Å². The normalized spacial score (nSPS) is 14.2.